The third-order valence-corrected chi connectivity index (χ3v) is 7.43. The molecule has 2 saturated carbocycles. The van der Waals surface area contributed by atoms with Crippen LogP contribution >= 0.6 is 0 Å². The molecule has 0 spiro atoms. The van der Waals surface area contributed by atoms with Crippen LogP contribution < -0.4 is 4.74 Å². The molecule has 4 unspecified atom stereocenters. The van der Waals surface area contributed by atoms with Crippen LogP contribution in [0.4, 0.5) is 22.0 Å². The van der Waals surface area contributed by atoms with Gasteiger partial charge in [0.25, 0.3) is 0 Å². The Bertz CT molecular complexity index is 928. The van der Waals surface area contributed by atoms with Crippen LogP contribution in [-0.2, 0) is 0 Å². The minimum absolute atomic E-state index is 0.0389. The molecule has 0 bridgehead atoms. The van der Waals surface area contributed by atoms with E-state index in [9.17, 15) is 22.0 Å². The van der Waals surface area contributed by atoms with Crippen molar-refractivity contribution in [2.75, 3.05) is 0 Å². The largest absolute Gasteiger partial charge is 0.429 e. The maximum Gasteiger partial charge on any atom is 0.387 e. The zero-order valence-corrected chi connectivity index (χ0v) is 17.8. The molecule has 0 aromatic heterocycles. The predicted molar refractivity (Wildman–Crippen MR) is 111 cm³/mol. The minimum atomic E-state index is -3.39. The van der Waals surface area contributed by atoms with E-state index in [4.69, 9.17) is 0 Å². The minimum Gasteiger partial charge on any atom is -0.429 e. The second-order valence-corrected chi connectivity index (χ2v) is 9.33. The van der Waals surface area contributed by atoms with Gasteiger partial charge in [-0.05, 0) is 78.9 Å². The lowest BCUT2D eigenvalue weighted by molar-refractivity contribution is -0.0544. The quantitative estimate of drug-likeness (QED) is 0.410. The van der Waals surface area contributed by atoms with Crippen molar-refractivity contribution in [1.82, 2.24) is 0 Å². The Morgan fingerprint density at radius 2 is 1.68 bits per heavy atom. The van der Waals surface area contributed by atoms with E-state index in [2.05, 4.69) is 11.7 Å². The third-order valence-electron chi connectivity index (χ3n) is 7.43. The summed E-state index contributed by atoms with van der Waals surface area (Å²) < 4.78 is 72.4. The fourth-order valence-electron chi connectivity index (χ4n) is 5.89. The van der Waals surface area contributed by atoms with Gasteiger partial charge in [-0.25, -0.2) is 13.2 Å². The average Bonchev–Trinajstić information content (AvgIpc) is 2.74. The molecule has 6 heteroatoms. The van der Waals surface area contributed by atoms with Crippen molar-refractivity contribution in [2.24, 2.45) is 17.8 Å². The van der Waals surface area contributed by atoms with Crippen molar-refractivity contribution >= 4 is 10.8 Å². The standard InChI is InChI=1S/C25H29F5O/c1-2-3-4-14-5-6-16-10-17(8-7-15(16)9-14)18-11-19-13-21(27)24(31-25(29)30)23(28)22(19)20(26)12-18/h11-17,25H,2-10H2,1H3. The Labute approximate surface area is 180 Å². The molecular formula is C25H29F5O. The Hall–Kier alpha value is -1.85. The summed E-state index contributed by atoms with van der Waals surface area (Å²) in [4.78, 5) is 0. The van der Waals surface area contributed by atoms with Crippen molar-refractivity contribution in [3.05, 3.63) is 41.2 Å². The van der Waals surface area contributed by atoms with Crippen LogP contribution in [0.5, 0.6) is 5.75 Å². The van der Waals surface area contributed by atoms with Crippen LogP contribution in [0.2, 0.25) is 0 Å². The van der Waals surface area contributed by atoms with Gasteiger partial charge >= 0.3 is 6.61 Å². The lowest BCUT2D eigenvalue weighted by Gasteiger charge is -2.42. The Kier molecular flexibility index (Phi) is 6.73. The average molecular weight is 440 g/mol. The molecule has 31 heavy (non-hydrogen) atoms. The molecule has 0 N–H and O–H groups in total. The normalized spacial score (nSPS) is 26.3. The molecule has 0 radical (unpaired) electrons. The summed E-state index contributed by atoms with van der Waals surface area (Å²) in [5, 5.41) is -0.470. The molecule has 2 aromatic rings. The number of rotatable bonds is 6. The first-order valence-electron chi connectivity index (χ1n) is 11.4. The number of benzene rings is 2. The highest BCUT2D eigenvalue weighted by atomic mass is 19.3. The SMILES string of the molecule is CCCCC1CCC2CC(c3cc(F)c4c(F)c(OC(F)F)c(F)cc4c3)CCC2C1. The summed E-state index contributed by atoms with van der Waals surface area (Å²) in [7, 11) is 0. The first-order chi connectivity index (χ1) is 14.9. The Morgan fingerprint density at radius 1 is 0.935 bits per heavy atom. The number of unbranched alkanes of at least 4 members (excludes halogenated alkanes) is 1. The van der Waals surface area contributed by atoms with Gasteiger partial charge in [-0.15, -0.1) is 0 Å². The monoisotopic (exact) mass is 440 g/mol. The van der Waals surface area contributed by atoms with Gasteiger partial charge in [0, 0.05) is 0 Å². The molecule has 0 saturated heterocycles. The summed E-state index contributed by atoms with van der Waals surface area (Å²) >= 11 is 0. The first kappa shape index (κ1) is 22.3. The van der Waals surface area contributed by atoms with Crippen LogP contribution in [0.3, 0.4) is 0 Å². The number of hydrogen-bond donors (Lipinski definition) is 0. The van der Waals surface area contributed by atoms with E-state index in [1.807, 2.05) is 0 Å². The fourth-order valence-corrected chi connectivity index (χ4v) is 5.89. The van der Waals surface area contributed by atoms with Crippen molar-refractivity contribution in [1.29, 1.82) is 0 Å². The first-order valence-corrected chi connectivity index (χ1v) is 11.4. The van der Waals surface area contributed by atoms with Crippen molar-refractivity contribution in [3.8, 4) is 5.75 Å². The van der Waals surface area contributed by atoms with Gasteiger partial charge in [0.1, 0.15) is 5.82 Å². The second kappa shape index (κ2) is 9.33. The molecule has 0 heterocycles. The molecule has 4 atom stereocenters. The molecule has 170 valence electrons. The van der Waals surface area contributed by atoms with Crippen LogP contribution in [0.1, 0.15) is 76.2 Å². The molecule has 0 amide bonds. The van der Waals surface area contributed by atoms with E-state index in [0.717, 1.165) is 42.7 Å². The highest BCUT2D eigenvalue weighted by molar-refractivity contribution is 5.86. The van der Waals surface area contributed by atoms with E-state index in [1.54, 1.807) is 6.07 Å². The number of hydrogen-bond acceptors (Lipinski definition) is 1. The van der Waals surface area contributed by atoms with Crippen LogP contribution in [0, 0.1) is 35.2 Å². The van der Waals surface area contributed by atoms with E-state index in [0.29, 0.717) is 5.92 Å². The second-order valence-electron chi connectivity index (χ2n) is 9.33. The van der Waals surface area contributed by atoms with Gasteiger partial charge < -0.3 is 4.74 Å². The smallest absolute Gasteiger partial charge is 0.387 e. The van der Waals surface area contributed by atoms with Crippen LogP contribution in [0.25, 0.3) is 10.8 Å². The molecule has 4 rings (SSSR count). The fraction of sp³-hybridized carbons (Fsp3) is 0.600. The summed E-state index contributed by atoms with van der Waals surface area (Å²) in [6.07, 6.45) is 10.6. The molecule has 2 aliphatic rings. The third kappa shape index (κ3) is 4.68. The Balaban J connectivity index is 1.54. The molecule has 1 nitrogen and oxygen atoms in total. The lowest BCUT2D eigenvalue weighted by Crippen LogP contribution is -2.30. The number of halogens is 5. The van der Waals surface area contributed by atoms with E-state index < -0.39 is 35.2 Å². The predicted octanol–water partition coefficient (Wildman–Crippen LogP) is 8.35. The number of alkyl halides is 2. The van der Waals surface area contributed by atoms with Gasteiger partial charge in [-0.2, -0.15) is 8.78 Å². The lowest BCUT2D eigenvalue weighted by atomic mass is 9.63. The summed E-state index contributed by atoms with van der Waals surface area (Å²) in [6, 6.07) is 3.77. The number of ether oxygens (including phenoxy) is 1. The van der Waals surface area contributed by atoms with Gasteiger partial charge in [-0.1, -0.05) is 38.7 Å². The zero-order valence-electron chi connectivity index (χ0n) is 17.8. The summed E-state index contributed by atoms with van der Waals surface area (Å²) in [5.41, 5.74) is 0.734. The molecule has 2 fully saturated rings. The van der Waals surface area contributed by atoms with Crippen LogP contribution in [0.15, 0.2) is 18.2 Å². The number of fused-ring (bicyclic) bond motifs is 2. The molecule has 2 aromatic carbocycles. The van der Waals surface area contributed by atoms with Gasteiger partial charge in [0.2, 0.25) is 0 Å². The molecule has 0 aliphatic heterocycles. The van der Waals surface area contributed by atoms with Crippen LogP contribution in [-0.4, -0.2) is 6.61 Å². The maximum atomic E-state index is 14.8. The maximum absolute atomic E-state index is 14.8. The highest BCUT2D eigenvalue weighted by Crippen LogP contribution is 2.49. The van der Waals surface area contributed by atoms with Gasteiger partial charge in [0.05, 0.1) is 5.39 Å². The van der Waals surface area contributed by atoms with E-state index >= 15 is 0 Å². The van der Waals surface area contributed by atoms with Crippen molar-refractivity contribution < 1.29 is 26.7 Å². The van der Waals surface area contributed by atoms with E-state index in [1.165, 1.54) is 44.6 Å². The summed E-state index contributed by atoms with van der Waals surface area (Å²) in [6.45, 7) is -1.17. The van der Waals surface area contributed by atoms with Crippen molar-refractivity contribution in [2.45, 2.75) is 77.2 Å². The van der Waals surface area contributed by atoms with E-state index in [-0.39, 0.29) is 11.3 Å². The van der Waals surface area contributed by atoms with Gasteiger partial charge in [-0.3, -0.25) is 0 Å². The summed E-state index contributed by atoms with van der Waals surface area (Å²) in [5.74, 6) is -2.47. The molecule has 2 aliphatic carbocycles. The molecular weight excluding hydrogens is 411 g/mol. The zero-order chi connectivity index (χ0) is 22.1. The van der Waals surface area contributed by atoms with Crippen molar-refractivity contribution in [3.63, 3.8) is 0 Å². The van der Waals surface area contributed by atoms with Gasteiger partial charge in [0.15, 0.2) is 17.4 Å². The Morgan fingerprint density at radius 3 is 2.42 bits per heavy atom. The highest BCUT2D eigenvalue weighted by Gasteiger charge is 2.36. The topological polar surface area (TPSA) is 9.23 Å².